The maximum atomic E-state index is 14.7. The standard InChI is InChI=1S/C29H34F7N7O5/c1-28(32,33)48-20-6-2-4-17(12-20)13-39-24(44)21(37)16-43(38)15-19(30)7-10-41-11-8-22(23(31)26(41)46)40-25(45)27(47)42-9-3-5-18(14-42)29(34,35)36/h2,4,6,8,11-12,16,18-19H,3,5,7,9-10,13-15,37-38H2,1H3,(H,39,44)(H,40,45)/b21-16-. The third kappa shape index (κ3) is 11.2. The zero-order valence-electron chi connectivity index (χ0n) is 25.5. The molecule has 12 nitrogen and oxygen atoms in total. The highest BCUT2D eigenvalue weighted by Gasteiger charge is 2.43. The van der Waals surface area contributed by atoms with Gasteiger partial charge in [0.05, 0.1) is 18.2 Å². The van der Waals surface area contributed by atoms with Crippen LogP contribution in [0.2, 0.25) is 0 Å². The first kappa shape index (κ1) is 37.6. The normalized spacial score (nSPS) is 16.2. The van der Waals surface area contributed by atoms with Crippen LogP contribution in [0.25, 0.3) is 0 Å². The van der Waals surface area contributed by atoms with E-state index in [9.17, 15) is 49.9 Å². The van der Waals surface area contributed by atoms with Crippen LogP contribution >= 0.6 is 0 Å². The second-order valence-electron chi connectivity index (χ2n) is 11.0. The second kappa shape index (κ2) is 15.9. The van der Waals surface area contributed by atoms with Gasteiger partial charge < -0.3 is 35.6 Å². The van der Waals surface area contributed by atoms with Gasteiger partial charge in [0, 0.05) is 45.5 Å². The summed E-state index contributed by atoms with van der Waals surface area (Å²) >= 11 is 0. The van der Waals surface area contributed by atoms with Crippen molar-refractivity contribution < 1.29 is 49.9 Å². The van der Waals surface area contributed by atoms with Crippen molar-refractivity contribution in [3.63, 3.8) is 0 Å². The molecule has 3 rings (SSSR count). The number of pyridine rings is 1. The van der Waals surface area contributed by atoms with Crippen molar-refractivity contribution in [2.75, 3.05) is 25.0 Å². The number of nitrogens with zero attached hydrogens (tertiary/aromatic N) is 3. The fourth-order valence-corrected chi connectivity index (χ4v) is 4.67. The summed E-state index contributed by atoms with van der Waals surface area (Å²) < 4.78 is 99.8. The van der Waals surface area contributed by atoms with Crippen LogP contribution < -0.4 is 32.5 Å². The van der Waals surface area contributed by atoms with Crippen molar-refractivity contribution in [2.45, 2.75) is 57.7 Å². The summed E-state index contributed by atoms with van der Waals surface area (Å²) in [5.74, 6) is -1.23. The highest BCUT2D eigenvalue weighted by molar-refractivity contribution is 6.39. The Morgan fingerprint density at radius 2 is 1.88 bits per heavy atom. The number of ether oxygens (including phenoxy) is 1. The SMILES string of the molecule is CC(F)(F)Oc1cccc(CNC(=O)/C(N)=C/N(N)CC(F)CCn2ccc(NC(=O)C(=O)N3CCCC(C(F)(F)F)C3)c(F)c2=O)c1. The zero-order chi connectivity index (χ0) is 35.8. The summed E-state index contributed by atoms with van der Waals surface area (Å²) in [6.45, 7) is -1.21. The van der Waals surface area contributed by atoms with Crippen molar-refractivity contribution in [3.05, 3.63) is 70.2 Å². The predicted molar refractivity (Wildman–Crippen MR) is 157 cm³/mol. The number of hydrazine groups is 1. The lowest BCUT2D eigenvalue weighted by Gasteiger charge is -2.33. The van der Waals surface area contributed by atoms with Gasteiger partial charge in [-0.1, -0.05) is 12.1 Å². The van der Waals surface area contributed by atoms with Gasteiger partial charge in [0.2, 0.25) is 5.82 Å². The Kier molecular flexibility index (Phi) is 12.4. The number of piperidine rings is 1. The minimum absolute atomic E-state index is 0.0181. The minimum atomic E-state index is -4.55. The Morgan fingerprint density at radius 3 is 2.54 bits per heavy atom. The van der Waals surface area contributed by atoms with Crippen molar-refractivity contribution in [1.82, 2.24) is 19.8 Å². The Bertz CT molecular complexity index is 1560. The van der Waals surface area contributed by atoms with E-state index in [1.807, 2.05) is 5.32 Å². The molecule has 48 heavy (non-hydrogen) atoms. The quantitative estimate of drug-likeness (QED) is 0.0867. The summed E-state index contributed by atoms with van der Waals surface area (Å²) in [6, 6.07) is 6.52. The van der Waals surface area contributed by atoms with E-state index in [-0.39, 0.29) is 44.6 Å². The van der Waals surface area contributed by atoms with E-state index >= 15 is 0 Å². The number of aryl methyl sites for hydroxylation is 1. The number of nitrogens with two attached hydrogens (primary N) is 2. The molecule has 6 N–H and O–H groups in total. The first-order chi connectivity index (χ1) is 22.3. The summed E-state index contributed by atoms with van der Waals surface area (Å²) in [5.41, 5.74) is 3.75. The van der Waals surface area contributed by atoms with Gasteiger partial charge in [-0.15, -0.1) is 0 Å². The van der Waals surface area contributed by atoms with Gasteiger partial charge in [-0.2, -0.15) is 26.3 Å². The number of amides is 3. The molecule has 0 bridgehead atoms. The van der Waals surface area contributed by atoms with E-state index in [4.69, 9.17) is 11.6 Å². The molecule has 0 saturated carbocycles. The van der Waals surface area contributed by atoms with Crippen LogP contribution in [0.4, 0.5) is 36.4 Å². The van der Waals surface area contributed by atoms with Crippen molar-refractivity contribution in [2.24, 2.45) is 17.5 Å². The number of hydrogen-bond acceptors (Lipinski definition) is 8. The number of carbonyl (C=O) groups is 3. The molecule has 1 aromatic heterocycles. The molecular weight excluding hydrogens is 659 g/mol. The number of rotatable bonds is 12. The Labute approximate surface area is 269 Å². The van der Waals surface area contributed by atoms with Gasteiger partial charge in [0.25, 0.3) is 11.5 Å². The lowest BCUT2D eigenvalue weighted by Crippen LogP contribution is -2.48. The molecule has 19 heteroatoms. The zero-order valence-corrected chi connectivity index (χ0v) is 25.5. The van der Waals surface area contributed by atoms with Gasteiger partial charge >= 0.3 is 24.1 Å². The lowest BCUT2D eigenvalue weighted by molar-refractivity contribution is -0.188. The molecule has 0 aliphatic carbocycles. The fraction of sp³-hybridized carbons (Fsp3) is 0.448. The van der Waals surface area contributed by atoms with Crippen LogP contribution in [0.1, 0.15) is 31.7 Å². The molecule has 2 unspecified atom stereocenters. The monoisotopic (exact) mass is 693 g/mol. The first-order valence-corrected chi connectivity index (χ1v) is 14.5. The molecule has 1 aliphatic heterocycles. The van der Waals surface area contributed by atoms with Crippen LogP contribution in [0.15, 0.2) is 53.2 Å². The molecule has 0 spiro atoms. The number of aromatic nitrogens is 1. The molecule has 1 saturated heterocycles. The third-order valence-corrected chi connectivity index (χ3v) is 7.03. The van der Waals surface area contributed by atoms with Crippen molar-refractivity contribution in [1.29, 1.82) is 0 Å². The number of carbonyl (C=O) groups excluding carboxylic acids is 3. The Balaban J connectivity index is 1.49. The molecule has 3 amide bonds. The molecule has 2 heterocycles. The lowest BCUT2D eigenvalue weighted by atomic mass is 9.97. The van der Waals surface area contributed by atoms with E-state index in [2.05, 4.69) is 10.1 Å². The molecule has 1 aliphatic rings. The van der Waals surface area contributed by atoms with E-state index in [1.54, 1.807) is 6.07 Å². The highest BCUT2D eigenvalue weighted by Crippen LogP contribution is 2.33. The molecule has 264 valence electrons. The predicted octanol–water partition coefficient (Wildman–Crippen LogP) is 2.74. The topological polar surface area (TPSA) is 165 Å². The van der Waals surface area contributed by atoms with E-state index in [0.29, 0.717) is 17.4 Å². The molecule has 0 radical (unpaired) electrons. The minimum Gasteiger partial charge on any atom is -0.433 e. The number of likely N-dealkylation sites (tertiary alicyclic amines) is 1. The first-order valence-electron chi connectivity index (χ1n) is 14.5. The van der Waals surface area contributed by atoms with E-state index < -0.39 is 77.9 Å². The number of halogens is 7. The number of benzene rings is 1. The summed E-state index contributed by atoms with van der Waals surface area (Å²) in [4.78, 5) is 50.1. The average Bonchev–Trinajstić information content (AvgIpc) is 3.00. The van der Waals surface area contributed by atoms with Gasteiger partial charge in [-0.25, -0.2) is 10.2 Å². The van der Waals surface area contributed by atoms with E-state index in [0.717, 1.165) is 28.0 Å². The maximum absolute atomic E-state index is 14.7. The van der Waals surface area contributed by atoms with Crippen LogP contribution in [-0.4, -0.2) is 70.3 Å². The molecule has 2 atom stereocenters. The largest absolute Gasteiger partial charge is 0.433 e. The number of nitrogens with one attached hydrogen (secondary N) is 2. The van der Waals surface area contributed by atoms with Gasteiger partial charge in [-0.05, 0) is 43.0 Å². The average molecular weight is 694 g/mol. The number of alkyl halides is 6. The van der Waals surface area contributed by atoms with Gasteiger partial charge in [-0.3, -0.25) is 19.2 Å². The number of hydrogen-bond donors (Lipinski definition) is 4. The fourth-order valence-electron chi connectivity index (χ4n) is 4.67. The maximum Gasteiger partial charge on any atom is 0.394 e. The van der Waals surface area contributed by atoms with Crippen LogP contribution in [0.3, 0.4) is 0 Å². The summed E-state index contributed by atoms with van der Waals surface area (Å²) in [5, 5.41) is 5.11. The van der Waals surface area contributed by atoms with Crippen LogP contribution in [-0.2, 0) is 27.5 Å². The highest BCUT2D eigenvalue weighted by atomic mass is 19.4. The molecule has 1 aromatic carbocycles. The summed E-state index contributed by atoms with van der Waals surface area (Å²) in [6.07, 6.45) is -8.24. The molecule has 2 aromatic rings. The van der Waals surface area contributed by atoms with Crippen LogP contribution in [0, 0.1) is 11.7 Å². The molecular formula is C29H34F7N7O5. The van der Waals surface area contributed by atoms with Gasteiger partial charge in [0.15, 0.2) is 0 Å². The Morgan fingerprint density at radius 1 is 1.17 bits per heavy atom. The summed E-state index contributed by atoms with van der Waals surface area (Å²) in [7, 11) is 0. The van der Waals surface area contributed by atoms with Crippen LogP contribution in [0.5, 0.6) is 5.75 Å². The Hall–Kier alpha value is -4.81. The van der Waals surface area contributed by atoms with Crippen molar-refractivity contribution in [3.8, 4) is 5.75 Å². The van der Waals surface area contributed by atoms with Crippen molar-refractivity contribution >= 4 is 23.4 Å². The second-order valence-corrected chi connectivity index (χ2v) is 11.0. The number of anilines is 1. The molecule has 1 fully saturated rings. The smallest absolute Gasteiger partial charge is 0.394 e. The third-order valence-electron chi connectivity index (χ3n) is 7.03. The van der Waals surface area contributed by atoms with Gasteiger partial charge in [0.1, 0.15) is 17.6 Å². The van der Waals surface area contributed by atoms with E-state index in [1.165, 1.54) is 18.2 Å².